The Balaban J connectivity index is 2.29. The molecule has 1 aliphatic rings. The fraction of sp³-hybridized carbons (Fsp3) is 0.545. The molecule has 1 N–H and O–H groups in total. The van der Waals surface area contributed by atoms with Gasteiger partial charge in [-0.2, -0.15) is 9.49 Å². The van der Waals surface area contributed by atoms with Gasteiger partial charge in [0, 0.05) is 25.1 Å². The van der Waals surface area contributed by atoms with E-state index in [-0.39, 0.29) is 18.7 Å². The second kappa shape index (κ2) is 4.75. The van der Waals surface area contributed by atoms with E-state index in [4.69, 9.17) is 4.74 Å². The van der Waals surface area contributed by atoms with E-state index >= 15 is 0 Å². The normalized spacial score (nSPS) is 22.9. The quantitative estimate of drug-likeness (QED) is 0.607. The van der Waals surface area contributed by atoms with E-state index in [1.165, 1.54) is 13.2 Å². The predicted octanol–water partition coefficient (Wildman–Crippen LogP) is -0.0481. The van der Waals surface area contributed by atoms with Crippen LogP contribution in [-0.4, -0.2) is 34.8 Å². The van der Waals surface area contributed by atoms with Gasteiger partial charge in [0.15, 0.2) is 0 Å². The fourth-order valence-corrected chi connectivity index (χ4v) is 2.10. The Kier molecular flexibility index (Phi) is 3.31. The lowest BCUT2D eigenvalue weighted by Crippen LogP contribution is -2.29. The highest BCUT2D eigenvalue weighted by atomic mass is 19.1. The van der Waals surface area contributed by atoms with E-state index in [1.807, 2.05) is 0 Å². The Morgan fingerprint density at radius 2 is 2.44 bits per heavy atom. The lowest BCUT2D eigenvalue weighted by atomic mass is 9.90. The summed E-state index contributed by atoms with van der Waals surface area (Å²) in [5.74, 6) is -3.15. The Morgan fingerprint density at radius 3 is 3.00 bits per heavy atom. The minimum absolute atomic E-state index is 0.185. The number of aryl methyl sites for hydroxylation is 1. The van der Waals surface area contributed by atoms with Gasteiger partial charge in [-0.25, -0.2) is 4.68 Å². The van der Waals surface area contributed by atoms with Crippen LogP contribution >= 0.6 is 0 Å². The van der Waals surface area contributed by atoms with Crippen molar-refractivity contribution in [2.45, 2.75) is 12.8 Å². The summed E-state index contributed by atoms with van der Waals surface area (Å²) >= 11 is 0. The second-order valence-corrected chi connectivity index (χ2v) is 4.10. The summed E-state index contributed by atoms with van der Waals surface area (Å²) in [6, 6.07) is 0. The van der Waals surface area contributed by atoms with Crippen LogP contribution in [-0.2, 0) is 21.4 Å². The van der Waals surface area contributed by atoms with Crippen LogP contribution < -0.4 is 5.32 Å². The summed E-state index contributed by atoms with van der Waals surface area (Å²) in [6.45, 7) is 2.06. The zero-order valence-corrected chi connectivity index (χ0v) is 10.1. The van der Waals surface area contributed by atoms with Crippen LogP contribution in [0.25, 0.3) is 0 Å². The molecule has 0 spiro atoms. The highest BCUT2D eigenvalue weighted by molar-refractivity contribution is 6.00. The SMILES string of the molecule is CCOC(=O)[C@H]1C(=O)NCC1c1cnn(C)c1F. The van der Waals surface area contributed by atoms with Gasteiger partial charge in [-0.15, -0.1) is 0 Å². The molecule has 2 rings (SSSR count). The van der Waals surface area contributed by atoms with Crippen molar-refractivity contribution in [3.63, 3.8) is 0 Å². The first-order valence-corrected chi connectivity index (χ1v) is 5.68. The Hall–Kier alpha value is -1.92. The number of nitrogens with one attached hydrogen (secondary N) is 1. The highest BCUT2D eigenvalue weighted by Crippen LogP contribution is 2.31. The third kappa shape index (κ3) is 1.96. The zero-order chi connectivity index (χ0) is 13.3. The molecule has 1 saturated heterocycles. The van der Waals surface area contributed by atoms with E-state index in [2.05, 4.69) is 10.4 Å². The minimum Gasteiger partial charge on any atom is -0.465 e. The van der Waals surface area contributed by atoms with Gasteiger partial charge in [-0.05, 0) is 6.92 Å². The van der Waals surface area contributed by atoms with Crippen LogP contribution in [0.5, 0.6) is 0 Å². The molecule has 2 atom stereocenters. The molecule has 2 heterocycles. The molecule has 18 heavy (non-hydrogen) atoms. The van der Waals surface area contributed by atoms with Gasteiger partial charge in [-0.1, -0.05) is 0 Å². The van der Waals surface area contributed by atoms with Crippen molar-refractivity contribution >= 4 is 11.9 Å². The maximum atomic E-state index is 13.8. The Bertz CT molecular complexity index is 486. The molecule has 1 aromatic rings. The van der Waals surface area contributed by atoms with Crippen molar-refractivity contribution in [1.82, 2.24) is 15.1 Å². The largest absolute Gasteiger partial charge is 0.465 e. The molecule has 1 aliphatic heterocycles. The van der Waals surface area contributed by atoms with Gasteiger partial charge < -0.3 is 10.1 Å². The second-order valence-electron chi connectivity index (χ2n) is 4.10. The van der Waals surface area contributed by atoms with Gasteiger partial charge in [0.25, 0.3) is 0 Å². The van der Waals surface area contributed by atoms with E-state index in [1.54, 1.807) is 6.92 Å². The molecule has 0 saturated carbocycles. The van der Waals surface area contributed by atoms with Crippen LogP contribution in [0.4, 0.5) is 4.39 Å². The van der Waals surface area contributed by atoms with E-state index in [9.17, 15) is 14.0 Å². The number of nitrogens with zero attached hydrogens (tertiary/aromatic N) is 2. The molecule has 0 radical (unpaired) electrons. The fourth-order valence-electron chi connectivity index (χ4n) is 2.10. The summed E-state index contributed by atoms with van der Waals surface area (Å²) in [4.78, 5) is 23.4. The number of carbonyl (C=O) groups is 2. The average Bonchev–Trinajstić information content (AvgIpc) is 2.85. The molecular weight excluding hydrogens is 241 g/mol. The van der Waals surface area contributed by atoms with Crippen molar-refractivity contribution in [2.75, 3.05) is 13.2 Å². The van der Waals surface area contributed by atoms with Crippen LogP contribution in [0.2, 0.25) is 0 Å². The summed E-state index contributed by atoms with van der Waals surface area (Å²) in [5.41, 5.74) is 0.258. The molecule has 1 aromatic heterocycles. The highest BCUT2D eigenvalue weighted by Gasteiger charge is 2.43. The molecule has 1 unspecified atom stereocenters. The molecule has 0 bridgehead atoms. The first kappa shape index (κ1) is 12.5. The summed E-state index contributed by atoms with van der Waals surface area (Å²) in [7, 11) is 1.46. The Morgan fingerprint density at radius 1 is 1.72 bits per heavy atom. The summed E-state index contributed by atoms with van der Waals surface area (Å²) in [6.07, 6.45) is 1.34. The zero-order valence-electron chi connectivity index (χ0n) is 10.1. The first-order chi connectivity index (χ1) is 8.56. The number of hydrogen-bond acceptors (Lipinski definition) is 4. The molecule has 1 fully saturated rings. The van der Waals surface area contributed by atoms with Gasteiger partial charge >= 0.3 is 5.97 Å². The van der Waals surface area contributed by atoms with Crippen LogP contribution in [0.3, 0.4) is 0 Å². The van der Waals surface area contributed by atoms with Crippen LogP contribution in [0.15, 0.2) is 6.20 Å². The third-order valence-electron chi connectivity index (χ3n) is 3.01. The molecule has 6 nitrogen and oxygen atoms in total. The van der Waals surface area contributed by atoms with Crippen LogP contribution in [0, 0.1) is 11.9 Å². The van der Waals surface area contributed by atoms with Gasteiger partial charge in [-0.3, -0.25) is 9.59 Å². The van der Waals surface area contributed by atoms with Crippen molar-refractivity contribution < 1.29 is 18.7 Å². The number of esters is 1. The van der Waals surface area contributed by atoms with E-state index < -0.39 is 29.7 Å². The molecule has 98 valence electrons. The number of ether oxygens (including phenoxy) is 1. The maximum Gasteiger partial charge on any atom is 0.319 e. The first-order valence-electron chi connectivity index (χ1n) is 5.68. The van der Waals surface area contributed by atoms with Crippen molar-refractivity contribution in [1.29, 1.82) is 0 Å². The third-order valence-corrected chi connectivity index (χ3v) is 3.01. The van der Waals surface area contributed by atoms with Crippen LogP contribution in [0.1, 0.15) is 18.4 Å². The predicted molar refractivity (Wildman–Crippen MR) is 59.0 cm³/mol. The van der Waals surface area contributed by atoms with Gasteiger partial charge in [0.1, 0.15) is 5.92 Å². The van der Waals surface area contributed by atoms with Gasteiger partial charge in [0.05, 0.1) is 12.8 Å². The number of aromatic nitrogens is 2. The summed E-state index contributed by atoms with van der Waals surface area (Å²) in [5, 5.41) is 6.33. The maximum absolute atomic E-state index is 13.8. The monoisotopic (exact) mass is 255 g/mol. The molecule has 0 aromatic carbocycles. The number of halogens is 1. The van der Waals surface area contributed by atoms with Crippen molar-refractivity contribution in [3.05, 3.63) is 17.7 Å². The number of rotatable bonds is 3. The Labute approximate surface area is 103 Å². The van der Waals surface area contributed by atoms with E-state index in [0.717, 1.165) is 4.68 Å². The topological polar surface area (TPSA) is 73.2 Å². The lowest BCUT2D eigenvalue weighted by molar-refractivity contribution is -0.151. The number of hydrogen-bond donors (Lipinski definition) is 1. The van der Waals surface area contributed by atoms with E-state index in [0.29, 0.717) is 0 Å². The molecular formula is C11H14FN3O3. The van der Waals surface area contributed by atoms with Gasteiger partial charge in [0.2, 0.25) is 11.9 Å². The average molecular weight is 255 g/mol. The molecule has 7 heteroatoms. The summed E-state index contributed by atoms with van der Waals surface area (Å²) < 4.78 is 19.7. The molecule has 0 aliphatic carbocycles. The number of amides is 1. The smallest absolute Gasteiger partial charge is 0.319 e. The van der Waals surface area contributed by atoms with Crippen molar-refractivity contribution in [3.8, 4) is 0 Å². The lowest BCUT2D eigenvalue weighted by Gasteiger charge is -2.13. The number of carbonyl (C=O) groups excluding carboxylic acids is 2. The van der Waals surface area contributed by atoms with Crippen molar-refractivity contribution in [2.24, 2.45) is 13.0 Å². The molecule has 1 amide bonds. The minimum atomic E-state index is -0.997. The standard InChI is InChI=1S/C11H14FN3O3/c1-3-18-11(17)8-6(4-13-10(8)16)7-5-14-15(2)9(7)12/h5-6,8H,3-4H2,1-2H3,(H,13,16)/t6?,8-/m1/s1.